The molecule has 4 rings (SSSR count). The zero-order valence-electron chi connectivity index (χ0n) is 13.1. The minimum atomic E-state index is -4.06. The van der Waals surface area contributed by atoms with Crippen molar-refractivity contribution >= 4 is 16.2 Å². The molecule has 1 atom stereocenters. The quantitative estimate of drug-likeness (QED) is 0.628. The lowest BCUT2D eigenvalue weighted by Gasteiger charge is -2.36. The molecule has 1 amide bonds. The summed E-state index contributed by atoms with van der Waals surface area (Å²) in [7, 11) is -4.06. The molecule has 132 valence electrons. The summed E-state index contributed by atoms with van der Waals surface area (Å²) in [5, 5.41) is 0. The van der Waals surface area contributed by atoms with E-state index in [0.29, 0.717) is 24.9 Å². The molecule has 8 nitrogen and oxygen atoms in total. The van der Waals surface area contributed by atoms with Crippen LogP contribution in [0.1, 0.15) is 18.4 Å². The normalized spacial score (nSPS) is 25.9. The highest BCUT2D eigenvalue weighted by atomic mass is 32.2. The molecular weight excluding hydrogens is 336 g/mol. The largest absolute Gasteiger partial charge is 0.444 e. The van der Waals surface area contributed by atoms with Gasteiger partial charge in [0.25, 0.3) is 10.1 Å². The van der Waals surface area contributed by atoms with Crippen molar-refractivity contribution in [2.45, 2.75) is 30.1 Å². The van der Waals surface area contributed by atoms with Crippen molar-refractivity contribution in [3.8, 4) is 0 Å². The maximum absolute atomic E-state index is 12.6. The second-order valence-corrected chi connectivity index (χ2v) is 7.32. The lowest BCUT2D eigenvalue weighted by molar-refractivity contribution is -0.0983. The first-order valence-corrected chi connectivity index (χ1v) is 9.14. The Labute approximate surface area is 140 Å². The first-order valence-electron chi connectivity index (χ1n) is 7.74. The summed E-state index contributed by atoms with van der Waals surface area (Å²) < 4.78 is 41.5. The van der Waals surface area contributed by atoms with Gasteiger partial charge in [-0.2, -0.15) is 8.42 Å². The summed E-state index contributed by atoms with van der Waals surface area (Å²) in [6.07, 6.45) is 0.306. The number of carbonyl (C=O) groups is 1. The molecule has 1 aromatic carbocycles. The molecule has 0 aromatic heterocycles. The van der Waals surface area contributed by atoms with Crippen molar-refractivity contribution < 1.29 is 26.9 Å². The lowest BCUT2D eigenvalue weighted by Crippen LogP contribution is -2.53. The Kier molecular flexibility index (Phi) is 4.77. The third-order valence-electron chi connectivity index (χ3n) is 4.09. The van der Waals surface area contributed by atoms with Gasteiger partial charge in [0, 0.05) is 19.5 Å². The molecule has 3 heterocycles. The zero-order chi connectivity index (χ0) is 17.2. The molecule has 0 spiro atoms. The number of nitrogens with two attached hydrogens (primary N) is 1. The van der Waals surface area contributed by atoms with Crippen LogP contribution in [0.2, 0.25) is 0 Å². The molecule has 0 saturated carbocycles. The molecule has 2 bridgehead atoms. The highest BCUT2D eigenvalue weighted by molar-refractivity contribution is 7.86. The second kappa shape index (κ2) is 6.67. The number of rotatable bonds is 4. The molecule has 1 fully saturated rings. The molecule has 1 aromatic rings. The summed E-state index contributed by atoms with van der Waals surface area (Å²) in [6.45, 7) is 0.841. The van der Waals surface area contributed by atoms with Crippen molar-refractivity contribution in [1.82, 2.24) is 4.90 Å². The van der Waals surface area contributed by atoms with E-state index in [0.717, 1.165) is 0 Å². The molecule has 9 heteroatoms. The van der Waals surface area contributed by atoms with Crippen LogP contribution in [0.4, 0.5) is 4.79 Å². The molecule has 0 aliphatic carbocycles. The second-order valence-electron chi connectivity index (χ2n) is 5.78. The summed E-state index contributed by atoms with van der Waals surface area (Å²) in [5.74, 6) is 0. The minimum Gasteiger partial charge on any atom is -0.444 e. The predicted octanol–water partition coefficient (Wildman–Crippen LogP) is 0.809. The van der Waals surface area contributed by atoms with Crippen LogP contribution in [0.15, 0.2) is 29.2 Å². The van der Waals surface area contributed by atoms with Gasteiger partial charge in [-0.15, -0.1) is 0 Å². The number of benzene rings is 1. The number of hydrogen-bond donors (Lipinski definition) is 1. The van der Waals surface area contributed by atoms with Gasteiger partial charge < -0.3 is 15.2 Å². The lowest BCUT2D eigenvalue weighted by atomic mass is 10.2. The van der Waals surface area contributed by atoms with Crippen LogP contribution >= 0.6 is 0 Å². The summed E-state index contributed by atoms with van der Waals surface area (Å²) >= 11 is 0. The van der Waals surface area contributed by atoms with Crippen molar-refractivity contribution in [2.24, 2.45) is 5.73 Å². The van der Waals surface area contributed by atoms with Crippen LogP contribution in [0.25, 0.3) is 0 Å². The highest BCUT2D eigenvalue weighted by Crippen LogP contribution is 2.35. The van der Waals surface area contributed by atoms with Gasteiger partial charge in [0.2, 0.25) is 0 Å². The molecular formula is C15H20N2O6S. The van der Waals surface area contributed by atoms with E-state index in [1.54, 1.807) is 12.1 Å². The van der Waals surface area contributed by atoms with Gasteiger partial charge in [0.05, 0.1) is 18.1 Å². The zero-order valence-corrected chi connectivity index (χ0v) is 14.0. The van der Waals surface area contributed by atoms with Crippen molar-refractivity contribution in [2.75, 3.05) is 26.3 Å². The number of nitrogens with zero attached hydrogens (tertiary/aromatic N) is 1. The van der Waals surface area contributed by atoms with Gasteiger partial charge in [-0.1, -0.05) is 12.1 Å². The maximum atomic E-state index is 12.6. The SMILES string of the molecule is NCCOC[C@@]12CCCN1C(=O)OCc1ccc(cc1)S(=O)(=O)O2. The Balaban J connectivity index is 2.00. The fraction of sp³-hybridized carbons (Fsp3) is 0.533. The smallest absolute Gasteiger partial charge is 0.412 e. The van der Waals surface area contributed by atoms with Gasteiger partial charge in [0.15, 0.2) is 5.72 Å². The fourth-order valence-corrected chi connectivity index (χ4v) is 4.11. The molecule has 0 radical (unpaired) electrons. The van der Waals surface area contributed by atoms with E-state index < -0.39 is 21.9 Å². The van der Waals surface area contributed by atoms with E-state index in [9.17, 15) is 13.2 Å². The summed E-state index contributed by atoms with van der Waals surface area (Å²) in [6, 6.07) is 6.07. The van der Waals surface area contributed by atoms with Gasteiger partial charge in [-0.25, -0.2) is 8.98 Å². The molecule has 0 unspecified atom stereocenters. The first-order chi connectivity index (χ1) is 11.5. The van der Waals surface area contributed by atoms with Crippen molar-refractivity contribution in [1.29, 1.82) is 0 Å². The highest BCUT2D eigenvalue weighted by Gasteiger charge is 2.49. The van der Waals surface area contributed by atoms with Gasteiger partial charge >= 0.3 is 6.09 Å². The van der Waals surface area contributed by atoms with E-state index in [1.807, 2.05) is 0 Å². The van der Waals surface area contributed by atoms with E-state index >= 15 is 0 Å². The first kappa shape index (κ1) is 17.2. The predicted molar refractivity (Wildman–Crippen MR) is 83.4 cm³/mol. The maximum Gasteiger partial charge on any atom is 0.412 e. The van der Waals surface area contributed by atoms with Crippen LogP contribution in [0, 0.1) is 0 Å². The number of fused-ring (bicyclic) bond motifs is 5. The topological polar surface area (TPSA) is 108 Å². The number of ether oxygens (including phenoxy) is 2. The van der Waals surface area contributed by atoms with E-state index in [4.69, 9.17) is 19.4 Å². The number of amides is 1. The third-order valence-corrected chi connectivity index (χ3v) is 5.47. The average molecular weight is 356 g/mol. The molecule has 24 heavy (non-hydrogen) atoms. The Bertz CT molecular complexity index is 705. The van der Waals surface area contributed by atoms with Crippen molar-refractivity contribution in [3.05, 3.63) is 29.8 Å². The Morgan fingerprint density at radius 3 is 2.75 bits per heavy atom. The molecule has 1 saturated heterocycles. The Morgan fingerprint density at radius 1 is 1.29 bits per heavy atom. The third kappa shape index (κ3) is 3.25. The molecule has 2 N–H and O–H groups in total. The van der Waals surface area contributed by atoms with Crippen LogP contribution in [-0.2, 0) is 30.4 Å². The van der Waals surface area contributed by atoms with Crippen LogP contribution < -0.4 is 5.73 Å². The Morgan fingerprint density at radius 2 is 2.04 bits per heavy atom. The van der Waals surface area contributed by atoms with Crippen molar-refractivity contribution in [3.63, 3.8) is 0 Å². The standard InChI is InChI=1S/C15H20N2O6S/c16-7-9-21-11-15-6-1-8-17(15)14(18)22-10-12-2-4-13(5-3-12)24(19,20)23-15/h2-5H,1,6-11,16H2/t15-/m0/s1. The average Bonchev–Trinajstić information content (AvgIpc) is 2.95. The monoisotopic (exact) mass is 356 g/mol. The van der Waals surface area contributed by atoms with E-state index in [2.05, 4.69) is 0 Å². The number of hydrogen-bond acceptors (Lipinski definition) is 7. The summed E-state index contributed by atoms with van der Waals surface area (Å²) in [5.41, 5.74) is 4.71. The molecule has 3 aliphatic heterocycles. The van der Waals surface area contributed by atoms with E-state index in [1.165, 1.54) is 17.0 Å². The number of carbonyl (C=O) groups excluding carboxylic acids is 1. The van der Waals surface area contributed by atoms with Crippen LogP contribution in [-0.4, -0.2) is 51.4 Å². The Hall–Kier alpha value is -1.68. The van der Waals surface area contributed by atoms with Gasteiger partial charge in [0.1, 0.15) is 6.61 Å². The van der Waals surface area contributed by atoms with Gasteiger partial charge in [-0.3, -0.25) is 4.90 Å². The summed E-state index contributed by atoms with van der Waals surface area (Å²) in [4.78, 5) is 13.8. The minimum absolute atomic E-state index is 0.0330. The fourth-order valence-electron chi connectivity index (χ4n) is 2.91. The van der Waals surface area contributed by atoms with Crippen LogP contribution in [0.3, 0.4) is 0 Å². The van der Waals surface area contributed by atoms with Crippen LogP contribution in [0.5, 0.6) is 0 Å². The van der Waals surface area contributed by atoms with E-state index in [-0.39, 0.29) is 31.3 Å². The van der Waals surface area contributed by atoms with Gasteiger partial charge in [-0.05, 0) is 24.1 Å². The molecule has 3 aliphatic rings.